The lowest BCUT2D eigenvalue weighted by Crippen LogP contribution is -1.98. The molecule has 0 saturated heterocycles. The van der Waals surface area contributed by atoms with Gasteiger partial charge in [0.2, 0.25) is 0 Å². The van der Waals surface area contributed by atoms with Gasteiger partial charge in [-0.15, -0.1) is 0 Å². The van der Waals surface area contributed by atoms with E-state index in [2.05, 4.69) is 37.2 Å². The van der Waals surface area contributed by atoms with Crippen LogP contribution in [0.15, 0.2) is 30.3 Å². The molecular weight excluding hydrogens is 406 g/mol. The summed E-state index contributed by atoms with van der Waals surface area (Å²) in [5, 5.41) is 8.37. The number of halogens is 2. The Morgan fingerprint density at radius 2 is 1.64 bits per heavy atom. The monoisotopic (exact) mass is 420 g/mol. The van der Waals surface area contributed by atoms with Crippen molar-refractivity contribution < 1.29 is 9.90 Å². The van der Waals surface area contributed by atoms with Gasteiger partial charge in [-0.25, -0.2) is 0 Å². The fraction of sp³-hybridized carbons (Fsp3) is 0.300. The van der Waals surface area contributed by atoms with Gasteiger partial charge in [0.15, 0.2) is 0 Å². The van der Waals surface area contributed by atoms with E-state index in [1.807, 2.05) is 32.0 Å². The molecule has 80 valence electrons. The minimum absolute atomic E-state index is 0.112. The zero-order chi connectivity index (χ0) is 11.4. The summed E-state index contributed by atoms with van der Waals surface area (Å²) in [6.45, 7) is 4.00. The van der Waals surface area contributed by atoms with E-state index in [-0.39, 0.29) is 6.42 Å². The average Bonchev–Trinajstić information content (AvgIpc) is 2.24. The predicted molar refractivity (Wildman–Crippen MR) is 77.2 cm³/mol. The summed E-state index contributed by atoms with van der Waals surface area (Å²) >= 11 is 4.24. The van der Waals surface area contributed by atoms with Crippen LogP contribution in [-0.4, -0.2) is 11.1 Å². The van der Waals surface area contributed by atoms with E-state index in [9.17, 15) is 4.79 Å². The molecule has 2 nitrogen and oxygen atoms in total. The van der Waals surface area contributed by atoms with E-state index in [0.717, 1.165) is 5.56 Å². The van der Waals surface area contributed by atoms with Gasteiger partial charge >= 0.3 is 5.97 Å². The average molecular weight is 420 g/mol. The largest absolute Gasteiger partial charge is 0.481 e. The molecule has 0 aliphatic carbocycles. The lowest BCUT2D eigenvalue weighted by Gasteiger charge is -1.92. The third-order valence-electron chi connectivity index (χ3n) is 1.20. The molecule has 0 radical (unpaired) electrons. The highest BCUT2D eigenvalue weighted by molar-refractivity contribution is 15.0. The van der Waals surface area contributed by atoms with Crippen molar-refractivity contribution in [3.05, 3.63) is 35.9 Å². The molecule has 14 heavy (non-hydrogen) atoms. The van der Waals surface area contributed by atoms with Crippen LogP contribution in [0.3, 0.4) is 0 Å². The van der Waals surface area contributed by atoms with Crippen molar-refractivity contribution >= 4 is 43.2 Å². The van der Waals surface area contributed by atoms with Crippen molar-refractivity contribution in [3.63, 3.8) is 0 Å². The smallest absolute Gasteiger partial charge is 0.307 e. The van der Waals surface area contributed by atoms with Gasteiger partial charge in [0.05, 0.1) is 6.42 Å². The summed E-state index contributed by atoms with van der Waals surface area (Å²) in [5.41, 5.74) is 0.843. The lowest BCUT2D eigenvalue weighted by atomic mass is 10.2. The molecule has 1 rings (SSSR count). The first-order chi connectivity index (χ1) is 6.79. The van der Waals surface area contributed by atoms with Crippen LogP contribution in [0.5, 0.6) is 0 Å². The van der Waals surface area contributed by atoms with Crippen LogP contribution in [0.4, 0.5) is 0 Å². The first-order valence-electron chi connectivity index (χ1n) is 4.19. The molecule has 0 aliphatic rings. The Morgan fingerprint density at radius 3 is 2.00 bits per heavy atom. The van der Waals surface area contributed by atoms with Crippen LogP contribution < -0.4 is 0 Å². The van der Waals surface area contributed by atoms with Gasteiger partial charge in [-0.05, 0) is 5.56 Å². The van der Waals surface area contributed by atoms with Gasteiger partial charge in [0.1, 0.15) is 0 Å². The van der Waals surface area contributed by atoms with E-state index in [1.165, 1.54) is 0 Å². The number of hydrogen-bond donors (Lipinski definition) is 1. The minimum atomic E-state index is -0.786. The fourth-order valence-electron chi connectivity index (χ4n) is 0.770. The van der Waals surface area contributed by atoms with Gasteiger partial charge in [0, 0.05) is 37.2 Å². The number of rotatable bonds is 2. The highest BCUT2D eigenvalue weighted by Gasteiger charge is 1.96. The third-order valence-corrected chi connectivity index (χ3v) is 1.20. The lowest BCUT2D eigenvalue weighted by molar-refractivity contribution is -0.136. The molecule has 0 aromatic heterocycles. The first-order valence-corrected chi connectivity index (χ1v) is 10.5. The Bertz CT molecular complexity index is 225. The van der Waals surface area contributed by atoms with E-state index in [4.69, 9.17) is 5.11 Å². The van der Waals surface area contributed by atoms with Crippen molar-refractivity contribution in [3.8, 4) is 0 Å². The number of carbonyl (C=O) groups is 1. The number of benzene rings is 1. The molecule has 1 N–H and O–H groups in total. The highest BCUT2D eigenvalue weighted by Crippen LogP contribution is 1.98. The summed E-state index contributed by atoms with van der Waals surface area (Å²) < 4.78 is 0. The third kappa shape index (κ3) is 10.2. The SMILES string of the molecule is CC.II.O=C(O)Cc1ccccc1. The van der Waals surface area contributed by atoms with Crippen LogP contribution in [0.1, 0.15) is 19.4 Å². The van der Waals surface area contributed by atoms with Crippen LogP contribution >= 0.6 is 37.2 Å². The maximum absolute atomic E-state index is 10.2. The molecule has 0 amide bonds. The Labute approximate surface area is 108 Å². The Morgan fingerprint density at radius 1 is 1.21 bits per heavy atom. The topological polar surface area (TPSA) is 37.3 Å². The van der Waals surface area contributed by atoms with E-state index in [0.29, 0.717) is 0 Å². The number of hydrogen-bond acceptors (Lipinski definition) is 1. The van der Waals surface area contributed by atoms with Gasteiger partial charge in [-0.3, -0.25) is 4.79 Å². The number of carboxylic acid groups (broad SMARTS) is 1. The summed E-state index contributed by atoms with van der Waals surface area (Å²) in [6, 6.07) is 9.13. The van der Waals surface area contributed by atoms with Gasteiger partial charge in [0.25, 0.3) is 0 Å². The maximum atomic E-state index is 10.2. The molecule has 1 aromatic rings. The Balaban J connectivity index is 0. The molecule has 0 atom stereocenters. The number of aliphatic carboxylic acids is 1. The van der Waals surface area contributed by atoms with Crippen molar-refractivity contribution in [1.82, 2.24) is 0 Å². The van der Waals surface area contributed by atoms with Crippen LogP contribution in [0.25, 0.3) is 0 Å². The highest BCUT2D eigenvalue weighted by atomic mass is 128. The normalized spacial score (nSPS) is 7.43. The summed E-state index contributed by atoms with van der Waals surface area (Å²) in [7, 11) is 0. The molecular formula is C10H14I2O2. The zero-order valence-corrected chi connectivity index (χ0v) is 12.5. The van der Waals surface area contributed by atoms with Gasteiger partial charge in [-0.2, -0.15) is 0 Å². The zero-order valence-electron chi connectivity index (χ0n) is 8.21. The van der Waals surface area contributed by atoms with Gasteiger partial charge < -0.3 is 5.11 Å². The van der Waals surface area contributed by atoms with Gasteiger partial charge in [-0.1, -0.05) is 44.2 Å². The summed E-state index contributed by atoms with van der Waals surface area (Å²) in [4.78, 5) is 10.2. The second-order valence-corrected chi connectivity index (χ2v) is 2.06. The molecule has 0 aliphatic heterocycles. The Hall–Kier alpha value is 0.150. The van der Waals surface area contributed by atoms with Crippen molar-refractivity contribution in [2.24, 2.45) is 0 Å². The second-order valence-electron chi connectivity index (χ2n) is 2.06. The fourth-order valence-corrected chi connectivity index (χ4v) is 0.770. The molecule has 0 saturated carbocycles. The van der Waals surface area contributed by atoms with Crippen LogP contribution in [-0.2, 0) is 11.2 Å². The minimum Gasteiger partial charge on any atom is -0.481 e. The molecule has 4 heteroatoms. The van der Waals surface area contributed by atoms with Crippen LogP contribution in [0.2, 0.25) is 0 Å². The molecule has 1 aromatic carbocycles. The number of carboxylic acids is 1. The van der Waals surface area contributed by atoms with E-state index in [1.54, 1.807) is 12.1 Å². The molecule has 0 spiro atoms. The quantitative estimate of drug-likeness (QED) is 0.732. The maximum Gasteiger partial charge on any atom is 0.307 e. The molecule has 0 unspecified atom stereocenters. The second kappa shape index (κ2) is 13.2. The van der Waals surface area contributed by atoms with Crippen molar-refractivity contribution in [2.75, 3.05) is 0 Å². The Kier molecular flexibility index (Phi) is 15.6. The molecule has 0 fully saturated rings. The van der Waals surface area contributed by atoms with Crippen molar-refractivity contribution in [1.29, 1.82) is 0 Å². The molecule has 0 bridgehead atoms. The predicted octanol–water partition coefficient (Wildman–Crippen LogP) is 4.11. The standard InChI is InChI=1S/C8H8O2.C2H6.I2/c9-8(10)6-7-4-2-1-3-5-7;2*1-2/h1-5H,6H2,(H,9,10);1-2H3;. The van der Waals surface area contributed by atoms with E-state index < -0.39 is 5.97 Å². The summed E-state index contributed by atoms with van der Waals surface area (Å²) in [6.07, 6.45) is 0.112. The summed E-state index contributed by atoms with van der Waals surface area (Å²) in [5.74, 6) is -0.786. The van der Waals surface area contributed by atoms with E-state index >= 15 is 0 Å². The first kappa shape index (κ1) is 16.6. The van der Waals surface area contributed by atoms with Crippen molar-refractivity contribution in [2.45, 2.75) is 20.3 Å². The van der Waals surface area contributed by atoms with Crippen LogP contribution in [0, 0.1) is 0 Å². The molecule has 0 heterocycles.